The third-order valence-electron chi connectivity index (χ3n) is 15.0. The van der Waals surface area contributed by atoms with Gasteiger partial charge < -0.3 is 4.90 Å². The van der Waals surface area contributed by atoms with Crippen LogP contribution in [0.25, 0.3) is 22.3 Å². The molecule has 328 valence electrons. The van der Waals surface area contributed by atoms with Crippen molar-refractivity contribution in [3.63, 3.8) is 0 Å². The fourth-order valence-corrected chi connectivity index (χ4v) is 11.6. The molecule has 1 nitrogen and oxygen atoms in total. The van der Waals surface area contributed by atoms with E-state index in [9.17, 15) is 0 Å². The maximum Gasteiger partial charge on any atom is 0.0714 e. The Morgan fingerprint density at radius 3 is 1.10 bits per heavy atom. The van der Waals surface area contributed by atoms with Crippen molar-refractivity contribution in [2.24, 2.45) is 0 Å². The molecule has 0 bridgehead atoms. The molecule has 0 saturated carbocycles. The molecule has 1 heteroatoms. The van der Waals surface area contributed by atoms with Gasteiger partial charge in [-0.15, -0.1) is 0 Å². The Hall–Kier alpha value is -7.22. The zero-order valence-electron chi connectivity index (χ0n) is 39.9. The van der Waals surface area contributed by atoms with E-state index in [-0.39, 0.29) is 5.41 Å². The van der Waals surface area contributed by atoms with Crippen LogP contribution >= 0.6 is 0 Å². The molecule has 9 aromatic carbocycles. The van der Waals surface area contributed by atoms with E-state index in [4.69, 9.17) is 0 Å². The lowest BCUT2D eigenvalue weighted by molar-refractivity contribution is 0.589. The first kappa shape index (κ1) is 42.4. The first-order chi connectivity index (χ1) is 32.5. The smallest absolute Gasteiger partial charge is 0.0714 e. The van der Waals surface area contributed by atoms with Crippen LogP contribution in [0.15, 0.2) is 218 Å². The van der Waals surface area contributed by atoms with Gasteiger partial charge in [-0.05, 0) is 137 Å². The molecular weight excluding hydrogens is 807 g/mol. The highest BCUT2D eigenvalue weighted by Gasteiger charge is 2.48. The summed E-state index contributed by atoms with van der Waals surface area (Å²) in [7, 11) is 0. The molecule has 0 spiro atoms. The van der Waals surface area contributed by atoms with Crippen molar-refractivity contribution in [2.45, 2.75) is 76.5 Å². The molecule has 0 aliphatic heterocycles. The van der Waals surface area contributed by atoms with E-state index in [1.807, 2.05) is 0 Å². The van der Waals surface area contributed by atoms with Crippen LogP contribution in [0.5, 0.6) is 0 Å². The fraction of sp³-hybridized carbons (Fsp3) is 0.182. The number of rotatable bonds is 9. The van der Waals surface area contributed by atoms with Crippen LogP contribution in [0.1, 0.15) is 121 Å². The molecule has 0 N–H and O–H groups in total. The van der Waals surface area contributed by atoms with E-state index in [0.29, 0.717) is 11.8 Å². The van der Waals surface area contributed by atoms with E-state index in [1.54, 1.807) is 0 Å². The third kappa shape index (κ3) is 6.65. The highest BCUT2D eigenvalue weighted by Crippen LogP contribution is 2.60. The van der Waals surface area contributed by atoms with Gasteiger partial charge in [-0.2, -0.15) is 0 Å². The SMILES string of the molecule is CC(C)c1ccc(C2(c3ccc(C(C)C)cc3)c3ccccc3-c3ccc(N(c4ccccc4)c4ccc5c(c4)C(c4ccccc4)(c4ccc(C(C)(C)C)cc4)c4ccccc4-5)cc32)cc1. The summed E-state index contributed by atoms with van der Waals surface area (Å²) >= 11 is 0. The summed E-state index contributed by atoms with van der Waals surface area (Å²) in [6.07, 6.45) is 0. The van der Waals surface area contributed by atoms with Crippen LogP contribution in [0.4, 0.5) is 17.1 Å². The molecule has 11 rings (SSSR count). The maximum absolute atomic E-state index is 2.51. The number of hydrogen-bond acceptors (Lipinski definition) is 1. The van der Waals surface area contributed by atoms with Crippen LogP contribution in [0.2, 0.25) is 0 Å². The van der Waals surface area contributed by atoms with Gasteiger partial charge in [0.15, 0.2) is 0 Å². The molecule has 67 heavy (non-hydrogen) atoms. The second-order valence-electron chi connectivity index (χ2n) is 20.5. The van der Waals surface area contributed by atoms with Gasteiger partial charge in [0.25, 0.3) is 0 Å². The first-order valence-corrected chi connectivity index (χ1v) is 24.2. The minimum atomic E-state index is -0.545. The number of para-hydroxylation sites is 1. The van der Waals surface area contributed by atoms with E-state index < -0.39 is 10.8 Å². The van der Waals surface area contributed by atoms with Crippen molar-refractivity contribution in [2.75, 3.05) is 4.90 Å². The van der Waals surface area contributed by atoms with Crippen molar-refractivity contribution >= 4 is 17.1 Å². The van der Waals surface area contributed by atoms with Crippen LogP contribution in [0.3, 0.4) is 0 Å². The van der Waals surface area contributed by atoms with E-state index in [0.717, 1.165) is 17.1 Å². The standard InChI is InChI=1S/C66H59N/c1-44(2)46-26-30-50(31-27-46)66(51-32-28-47(29-33-51)45(3)4)61-25-17-15-23-57(61)59-41-39-55(43-63(59)66)67(53-20-12-9-13-21-53)54-38-40-58-56-22-14-16-24-60(56)65(62(58)42-54,49-18-10-8-11-19-49)52-36-34-48(35-37-52)64(5,6)7/h8-45H,1-7H3. The minimum absolute atomic E-state index is 0.0389. The zero-order valence-corrected chi connectivity index (χ0v) is 39.9. The van der Waals surface area contributed by atoms with Crippen LogP contribution in [-0.4, -0.2) is 0 Å². The Morgan fingerprint density at radius 2 is 0.687 bits per heavy atom. The van der Waals surface area contributed by atoms with Gasteiger partial charge in [-0.3, -0.25) is 0 Å². The lowest BCUT2D eigenvalue weighted by Crippen LogP contribution is -2.29. The Balaban J connectivity index is 1.17. The predicted molar refractivity (Wildman–Crippen MR) is 283 cm³/mol. The highest BCUT2D eigenvalue weighted by atomic mass is 15.1. The number of nitrogens with zero attached hydrogens (tertiary/aromatic N) is 1. The Bertz CT molecular complexity index is 3190. The van der Waals surface area contributed by atoms with Gasteiger partial charge in [0.2, 0.25) is 0 Å². The largest absolute Gasteiger partial charge is 0.310 e. The summed E-state index contributed by atoms with van der Waals surface area (Å²) in [4.78, 5) is 2.49. The monoisotopic (exact) mass is 865 g/mol. The molecule has 2 aliphatic carbocycles. The van der Waals surface area contributed by atoms with E-state index in [2.05, 4.69) is 272 Å². The van der Waals surface area contributed by atoms with Crippen molar-refractivity contribution in [1.82, 2.24) is 0 Å². The van der Waals surface area contributed by atoms with Crippen molar-refractivity contribution in [3.8, 4) is 22.3 Å². The van der Waals surface area contributed by atoms with Gasteiger partial charge in [0.1, 0.15) is 0 Å². The Labute approximate surface area is 398 Å². The van der Waals surface area contributed by atoms with Gasteiger partial charge >= 0.3 is 0 Å². The molecule has 0 saturated heterocycles. The minimum Gasteiger partial charge on any atom is -0.310 e. The first-order valence-electron chi connectivity index (χ1n) is 24.2. The van der Waals surface area contributed by atoms with Crippen molar-refractivity contribution in [1.29, 1.82) is 0 Å². The Morgan fingerprint density at radius 1 is 0.328 bits per heavy atom. The normalized spacial score (nSPS) is 15.5. The van der Waals surface area contributed by atoms with Crippen LogP contribution in [-0.2, 0) is 16.2 Å². The van der Waals surface area contributed by atoms with E-state index in [1.165, 1.54) is 83.5 Å². The summed E-state index contributed by atoms with van der Waals surface area (Å²) in [6, 6.07) is 83.3. The Kier molecular flexibility index (Phi) is 10.3. The molecule has 9 aromatic rings. The molecule has 1 atom stereocenters. The molecule has 0 radical (unpaired) electrons. The third-order valence-corrected chi connectivity index (χ3v) is 15.0. The topological polar surface area (TPSA) is 3.24 Å². The average molecular weight is 866 g/mol. The second-order valence-corrected chi connectivity index (χ2v) is 20.5. The molecule has 2 aliphatic rings. The molecule has 1 unspecified atom stereocenters. The van der Waals surface area contributed by atoms with Gasteiger partial charge in [-0.25, -0.2) is 0 Å². The molecule has 0 amide bonds. The maximum atomic E-state index is 2.51. The average Bonchev–Trinajstić information content (AvgIpc) is 3.82. The number of anilines is 3. The van der Waals surface area contributed by atoms with Gasteiger partial charge in [0.05, 0.1) is 10.8 Å². The van der Waals surface area contributed by atoms with Gasteiger partial charge in [0, 0.05) is 17.1 Å². The fourth-order valence-electron chi connectivity index (χ4n) is 11.6. The summed E-state index contributed by atoms with van der Waals surface area (Å²) in [5, 5.41) is 0. The van der Waals surface area contributed by atoms with Gasteiger partial charge in [-0.1, -0.05) is 230 Å². The predicted octanol–water partition coefficient (Wildman–Crippen LogP) is 17.4. The van der Waals surface area contributed by atoms with Crippen LogP contribution < -0.4 is 4.90 Å². The molecule has 0 fully saturated rings. The van der Waals surface area contributed by atoms with E-state index >= 15 is 0 Å². The summed E-state index contributed by atoms with van der Waals surface area (Å²) < 4.78 is 0. The lowest BCUT2D eigenvalue weighted by Gasteiger charge is -2.36. The lowest BCUT2D eigenvalue weighted by atomic mass is 9.67. The van der Waals surface area contributed by atoms with Crippen LogP contribution in [0, 0.1) is 0 Å². The quantitative estimate of drug-likeness (QED) is 0.140. The number of fused-ring (bicyclic) bond motifs is 6. The van der Waals surface area contributed by atoms with Crippen molar-refractivity contribution < 1.29 is 0 Å². The zero-order chi connectivity index (χ0) is 46.1. The molecular formula is C66H59N. The second kappa shape index (κ2) is 16.3. The number of hydrogen-bond donors (Lipinski definition) is 0. The van der Waals surface area contributed by atoms with Crippen molar-refractivity contribution in [3.05, 3.63) is 280 Å². The number of benzene rings is 9. The highest BCUT2D eigenvalue weighted by molar-refractivity contribution is 5.92. The molecule has 0 aromatic heterocycles. The molecule has 0 heterocycles. The summed E-state index contributed by atoms with van der Waals surface area (Å²) in [5.41, 5.74) is 21.8. The summed E-state index contributed by atoms with van der Waals surface area (Å²) in [6.45, 7) is 16.0. The summed E-state index contributed by atoms with van der Waals surface area (Å²) in [5.74, 6) is 0.876.